The normalized spacial score (nSPS) is 24.4. The Morgan fingerprint density at radius 2 is 1.46 bits per heavy atom. The fraction of sp³-hybridized carbons (Fsp3) is 0.750. The second-order valence-corrected chi connectivity index (χ2v) is 10.5. The van der Waals surface area contributed by atoms with Crippen molar-refractivity contribution in [3.8, 4) is 5.75 Å². The quantitative estimate of drug-likeness (QED) is 0.585. The number of ether oxygens (including phenoxy) is 2. The zero-order chi connectivity index (χ0) is 21.2. The second-order valence-electron chi connectivity index (χ2n) is 10.5. The molecule has 0 spiro atoms. The third kappa shape index (κ3) is 5.49. The largest absolute Gasteiger partial charge is 0.508 e. The van der Waals surface area contributed by atoms with Crippen LogP contribution in [0.4, 0.5) is 0 Å². The van der Waals surface area contributed by atoms with Gasteiger partial charge in [-0.25, -0.2) is 0 Å². The van der Waals surface area contributed by atoms with Gasteiger partial charge in [0.1, 0.15) is 5.75 Å². The van der Waals surface area contributed by atoms with Crippen molar-refractivity contribution in [1.29, 1.82) is 0 Å². The molecule has 1 saturated heterocycles. The predicted molar refractivity (Wildman–Crippen MR) is 113 cm³/mol. The van der Waals surface area contributed by atoms with Gasteiger partial charge in [-0.1, -0.05) is 53.7 Å². The van der Waals surface area contributed by atoms with Gasteiger partial charge in [-0.05, 0) is 54.6 Å². The predicted octanol–water partition coefficient (Wildman–Crippen LogP) is 5.83. The van der Waals surface area contributed by atoms with Crippen LogP contribution in [0.25, 0.3) is 0 Å². The van der Waals surface area contributed by atoms with Crippen LogP contribution in [0.1, 0.15) is 86.0 Å². The zero-order valence-electron chi connectivity index (χ0n) is 18.8. The molecule has 1 aliphatic rings. The number of hydrogen-bond acceptors (Lipinski definition) is 4. The maximum Gasteiger partial charge on any atom is 0.184 e. The van der Waals surface area contributed by atoms with E-state index in [0.29, 0.717) is 0 Å². The number of aliphatic hydroxyl groups excluding tert-OH is 1. The fourth-order valence-corrected chi connectivity index (χ4v) is 3.85. The van der Waals surface area contributed by atoms with Crippen molar-refractivity contribution in [2.45, 2.75) is 92.6 Å². The first-order chi connectivity index (χ1) is 12.9. The monoisotopic (exact) mass is 392 g/mol. The summed E-state index contributed by atoms with van der Waals surface area (Å²) in [5, 5.41) is 19.0. The van der Waals surface area contributed by atoms with Crippen LogP contribution in [0.15, 0.2) is 24.3 Å². The van der Waals surface area contributed by atoms with Crippen molar-refractivity contribution in [1.82, 2.24) is 0 Å². The van der Waals surface area contributed by atoms with Crippen LogP contribution in [-0.4, -0.2) is 29.0 Å². The average Bonchev–Trinajstić information content (AvgIpc) is 2.60. The minimum Gasteiger partial charge on any atom is -0.508 e. The second kappa shape index (κ2) is 8.73. The number of phenolic OH excluding ortho intramolecular Hbond substituents is 1. The first-order valence-corrected chi connectivity index (χ1v) is 10.6. The van der Waals surface area contributed by atoms with Gasteiger partial charge in [-0.2, -0.15) is 0 Å². The van der Waals surface area contributed by atoms with Gasteiger partial charge < -0.3 is 19.7 Å². The summed E-state index contributed by atoms with van der Waals surface area (Å²) >= 11 is 0. The Balaban J connectivity index is 2.07. The SMILES string of the molecule is CC1CC(C(C)(C)CCC(C)(C)C(C)(C)CCO)OC(c2ccc(O)cc2)O1. The van der Waals surface area contributed by atoms with E-state index in [1.807, 2.05) is 12.1 Å². The molecule has 0 radical (unpaired) electrons. The molecule has 0 bridgehead atoms. The van der Waals surface area contributed by atoms with E-state index in [2.05, 4.69) is 48.5 Å². The van der Waals surface area contributed by atoms with Crippen molar-refractivity contribution in [3.05, 3.63) is 29.8 Å². The van der Waals surface area contributed by atoms with E-state index >= 15 is 0 Å². The topological polar surface area (TPSA) is 58.9 Å². The molecule has 28 heavy (non-hydrogen) atoms. The highest BCUT2D eigenvalue weighted by Gasteiger charge is 2.42. The molecule has 2 rings (SSSR count). The summed E-state index contributed by atoms with van der Waals surface area (Å²) in [7, 11) is 0. The van der Waals surface area contributed by atoms with Crippen molar-refractivity contribution in [2.75, 3.05) is 6.61 Å². The number of benzene rings is 1. The molecular formula is C24H40O4. The molecule has 0 aromatic heterocycles. The maximum absolute atomic E-state index is 9.54. The highest BCUT2D eigenvalue weighted by atomic mass is 16.7. The molecule has 2 N–H and O–H groups in total. The van der Waals surface area contributed by atoms with Gasteiger partial charge in [-0.3, -0.25) is 0 Å². The molecule has 4 nitrogen and oxygen atoms in total. The Hall–Kier alpha value is -1.10. The van der Waals surface area contributed by atoms with E-state index in [1.165, 1.54) is 0 Å². The Morgan fingerprint density at radius 1 is 0.893 bits per heavy atom. The Kier molecular flexibility index (Phi) is 7.22. The molecule has 0 amide bonds. The van der Waals surface area contributed by atoms with Gasteiger partial charge in [0.2, 0.25) is 0 Å². The van der Waals surface area contributed by atoms with Gasteiger partial charge in [-0.15, -0.1) is 0 Å². The lowest BCUT2D eigenvalue weighted by Gasteiger charge is -2.46. The van der Waals surface area contributed by atoms with Crippen LogP contribution in [0.3, 0.4) is 0 Å². The summed E-state index contributed by atoms with van der Waals surface area (Å²) in [6, 6.07) is 7.08. The summed E-state index contributed by atoms with van der Waals surface area (Å²) in [6.07, 6.45) is 3.64. The molecule has 3 unspecified atom stereocenters. The summed E-state index contributed by atoms with van der Waals surface area (Å²) in [4.78, 5) is 0. The molecule has 1 aliphatic heterocycles. The van der Waals surface area contributed by atoms with E-state index in [1.54, 1.807) is 12.1 Å². The third-order valence-corrected chi connectivity index (χ3v) is 7.19. The van der Waals surface area contributed by atoms with Crippen molar-refractivity contribution >= 4 is 0 Å². The standard InChI is InChI=1S/C24H40O4/c1-17-16-20(28-21(27-17)18-8-10-19(26)11-9-18)22(2,3)12-13-23(4,5)24(6,7)14-15-25/h8-11,17,20-21,25-26H,12-16H2,1-7H3. The number of aromatic hydroxyl groups is 1. The first kappa shape index (κ1) is 23.2. The smallest absolute Gasteiger partial charge is 0.184 e. The highest BCUT2D eigenvalue weighted by Crippen LogP contribution is 2.48. The lowest BCUT2D eigenvalue weighted by Crippen LogP contribution is -2.42. The van der Waals surface area contributed by atoms with Crippen LogP contribution < -0.4 is 0 Å². The van der Waals surface area contributed by atoms with E-state index in [9.17, 15) is 10.2 Å². The summed E-state index contributed by atoms with van der Waals surface area (Å²) in [6.45, 7) is 16.0. The molecule has 3 atom stereocenters. The van der Waals surface area contributed by atoms with E-state index in [0.717, 1.165) is 31.2 Å². The van der Waals surface area contributed by atoms with Crippen LogP contribution in [0.2, 0.25) is 0 Å². The van der Waals surface area contributed by atoms with E-state index in [-0.39, 0.29) is 40.8 Å². The molecule has 160 valence electrons. The molecule has 4 heteroatoms. The molecule has 0 saturated carbocycles. The average molecular weight is 393 g/mol. The molecule has 1 fully saturated rings. The van der Waals surface area contributed by atoms with Crippen molar-refractivity contribution < 1.29 is 19.7 Å². The lowest BCUT2D eigenvalue weighted by molar-refractivity contribution is -0.266. The molecule has 1 heterocycles. The van der Waals surface area contributed by atoms with Crippen LogP contribution in [0, 0.1) is 16.2 Å². The van der Waals surface area contributed by atoms with Crippen LogP contribution >= 0.6 is 0 Å². The van der Waals surface area contributed by atoms with E-state index in [4.69, 9.17) is 9.47 Å². The molecule has 1 aromatic rings. The van der Waals surface area contributed by atoms with Crippen LogP contribution in [-0.2, 0) is 9.47 Å². The third-order valence-electron chi connectivity index (χ3n) is 7.19. The van der Waals surface area contributed by atoms with Gasteiger partial charge in [0.05, 0.1) is 12.2 Å². The Bertz CT molecular complexity index is 618. The van der Waals surface area contributed by atoms with Crippen molar-refractivity contribution in [2.24, 2.45) is 16.2 Å². The summed E-state index contributed by atoms with van der Waals surface area (Å²) < 4.78 is 12.4. The highest BCUT2D eigenvalue weighted by molar-refractivity contribution is 5.26. The minimum atomic E-state index is -0.396. The molecule has 0 aliphatic carbocycles. The maximum atomic E-state index is 9.54. The minimum absolute atomic E-state index is 0.0137. The van der Waals surface area contributed by atoms with Gasteiger partial charge in [0.25, 0.3) is 0 Å². The first-order valence-electron chi connectivity index (χ1n) is 10.6. The number of phenols is 1. The lowest BCUT2D eigenvalue weighted by atomic mass is 9.62. The Labute approximate surface area is 171 Å². The molecule has 1 aromatic carbocycles. The van der Waals surface area contributed by atoms with E-state index < -0.39 is 6.29 Å². The molecular weight excluding hydrogens is 352 g/mol. The van der Waals surface area contributed by atoms with Gasteiger partial charge in [0, 0.05) is 18.6 Å². The summed E-state index contributed by atoms with van der Waals surface area (Å²) in [5.41, 5.74) is 1.16. The number of rotatable bonds is 8. The summed E-state index contributed by atoms with van der Waals surface area (Å²) in [5.74, 6) is 0.247. The number of hydrogen-bond donors (Lipinski definition) is 2. The van der Waals surface area contributed by atoms with Crippen LogP contribution in [0.5, 0.6) is 5.75 Å². The van der Waals surface area contributed by atoms with Gasteiger partial charge in [0.15, 0.2) is 6.29 Å². The number of aliphatic hydroxyl groups is 1. The fourth-order valence-electron chi connectivity index (χ4n) is 3.85. The zero-order valence-corrected chi connectivity index (χ0v) is 18.8. The van der Waals surface area contributed by atoms with Crippen molar-refractivity contribution in [3.63, 3.8) is 0 Å². The Morgan fingerprint density at radius 3 is 2.04 bits per heavy atom. The van der Waals surface area contributed by atoms with Gasteiger partial charge >= 0.3 is 0 Å².